The van der Waals surface area contributed by atoms with Gasteiger partial charge in [0.05, 0.1) is 24.1 Å². The highest BCUT2D eigenvalue weighted by Gasteiger charge is 2.56. The third kappa shape index (κ3) is 1.83. The van der Waals surface area contributed by atoms with Crippen LogP contribution in [0.3, 0.4) is 0 Å². The molecular weight excluding hydrogens is 278 g/mol. The monoisotopic (exact) mass is 297 g/mol. The molecule has 2 bridgehead atoms. The number of fused-ring (bicyclic) bond motifs is 1. The Labute approximate surface area is 129 Å². The fourth-order valence-electron chi connectivity index (χ4n) is 4.19. The smallest absolute Gasteiger partial charge is 0.238 e. The van der Waals surface area contributed by atoms with Crippen molar-refractivity contribution in [3.05, 3.63) is 36.4 Å². The van der Waals surface area contributed by atoms with Crippen molar-refractivity contribution in [2.45, 2.75) is 19.8 Å². The average molecular weight is 297 g/mol. The summed E-state index contributed by atoms with van der Waals surface area (Å²) in [6, 6.07) is 7.23. The van der Waals surface area contributed by atoms with E-state index in [2.05, 4.69) is 12.2 Å². The van der Waals surface area contributed by atoms with Gasteiger partial charge in [0.1, 0.15) is 5.75 Å². The van der Waals surface area contributed by atoms with Gasteiger partial charge < -0.3 is 4.74 Å². The topological polar surface area (TPSA) is 46.6 Å². The summed E-state index contributed by atoms with van der Waals surface area (Å²) in [5, 5.41) is 0. The Morgan fingerprint density at radius 2 is 1.55 bits per heavy atom. The second-order valence-electron chi connectivity index (χ2n) is 6.28. The molecule has 1 aromatic rings. The molecule has 1 saturated carbocycles. The highest BCUT2D eigenvalue weighted by atomic mass is 16.5. The molecule has 0 aromatic heterocycles. The van der Waals surface area contributed by atoms with Crippen LogP contribution in [0, 0.1) is 23.7 Å². The van der Waals surface area contributed by atoms with Gasteiger partial charge in [-0.3, -0.25) is 14.5 Å². The third-order valence-electron chi connectivity index (χ3n) is 5.17. The number of nitrogens with zero attached hydrogens (tertiary/aromatic N) is 1. The lowest BCUT2D eigenvalue weighted by Crippen LogP contribution is -2.38. The lowest BCUT2D eigenvalue weighted by Gasteiger charge is -2.38. The van der Waals surface area contributed by atoms with E-state index in [1.165, 1.54) is 4.90 Å². The first-order valence-corrected chi connectivity index (χ1v) is 7.99. The van der Waals surface area contributed by atoms with Gasteiger partial charge in [-0.15, -0.1) is 0 Å². The van der Waals surface area contributed by atoms with Crippen molar-refractivity contribution in [1.29, 1.82) is 0 Å². The zero-order valence-corrected chi connectivity index (χ0v) is 12.6. The summed E-state index contributed by atoms with van der Waals surface area (Å²) in [7, 11) is 0. The van der Waals surface area contributed by atoms with Crippen LogP contribution in [0.5, 0.6) is 5.75 Å². The highest BCUT2D eigenvalue weighted by molar-refractivity contribution is 6.22. The zero-order chi connectivity index (χ0) is 15.3. The minimum Gasteiger partial charge on any atom is -0.494 e. The number of carbonyl (C=O) groups excluding carboxylic acids is 2. The molecule has 4 atom stereocenters. The summed E-state index contributed by atoms with van der Waals surface area (Å²) < 4.78 is 5.42. The summed E-state index contributed by atoms with van der Waals surface area (Å²) in [6.07, 6.45) is 6.33. The molecule has 114 valence electrons. The number of allylic oxidation sites excluding steroid dienone is 2. The summed E-state index contributed by atoms with van der Waals surface area (Å²) in [5.74, 6) is 0.866. The van der Waals surface area contributed by atoms with E-state index in [1.807, 2.05) is 19.1 Å². The maximum Gasteiger partial charge on any atom is 0.238 e. The molecule has 1 saturated heterocycles. The average Bonchev–Trinajstić information content (AvgIpc) is 2.84. The van der Waals surface area contributed by atoms with Gasteiger partial charge in [0.25, 0.3) is 0 Å². The number of imide groups is 1. The Kier molecular flexibility index (Phi) is 3.06. The molecule has 2 fully saturated rings. The normalized spacial score (nSPS) is 32.5. The molecule has 4 heteroatoms. The van der Waals surface area contributed by atoms with Crippen LogP contribution in [0.2, 0.25) is 0 Å². The van der Waals surface area contributed by atoms with E-state index in [9.17, 15) is 9.59 Å². The second kappa shape index (κ2) is 4.97. The molecular formula is C18H19NO3. The first-order valence-electron chi connectivity index (χ1n) is 7.99. The molecule has 0 spiro atoms. The van der Waals surface area contributed by atoms with E-state index < -0.39 is 0 Å². The number of carbonyl (C=O) groups is 2. The van der Waals surface area contributed by atoms with Crippen LogP contribution < -0.4 is 9.64 Å². The lowest BCUT2D eigenvalue weighted by molar-refractivity contribution is -0.124. The summed E-state index contributed by atoms with van der Waals surface area (Å²) in [4.78, 5) is 27.0. The molecule has 2 amide bonds. The molecule has 4 aliphatic rings. The van der Waals surface area contributed by atoms with E-state index >= 15 is 0 Å². The van der Waals surface area contributed by atoms with E-state index in [4.69, 9.17) is 4.74 Å². The van der Waals surface area contributed by atoms with Crippen LogP contribution in [0.1, 0.15) is 19.8 Å². The minimum absolute atomic E-state index is 0.0294. The minimum atomic E-state index is -0.150. The molecule has 1 heterocycles. The Balaban J connectivity index is 1.66. The number of anilines is 1. The molecule has 1 aliphatic heterocycles. The maximum absolute atomic E-state index is 12.8. The molecule has 22 heavy (non-hydrogen) atoms. The fraction of sp³-hybridized carbons (Fsp3) is 0.444. The molecule has 3 aliphatic carbocycles. The number of amides is 2. The predicted octanol–water partition coefficient (Wildman–Crippen LogP) is 2.79. The molecule has 2 unspecified atom stereocenters. The quantitative estimate of drug-likeness (QED) is 0.636. The maximum atomic E-state index is 12.8. The molecule has 5 rings (SSSR count). The summed E-state index contributed by atoms with van der Waals surface area (Å²) in [6.45, 7) is 2.52. The van der Waals surface area contributed by atoms with Gasteiger partial charge >= 0.3 is 0 Å². The first kappa shape index (κ1) is 13.6. The van der Waals surface area contributed by atoms with E-state index in [0.717, 1.165) is 18.6 Å². The molecule has 0 N–H and O–H groups in total. The fourth-order valence-corrected chi connectivity index (χ4v) is 4.19. The lowest BCUT2D eigenvalue weighted by atomic mass is 9.63. The van der Waals surface area contributed by atoms with Gasteiger partial charge in [0, 0.05) is 0 Å². The van der Waals surface area contributed by atoms with E-state index in [0.29, 0.717) is 12.3 Å². The molecule has 0 radical (unpaired) electrons. The van der Waals surface area contributed by atoms with Crippen LogP contribution >= 0.6 is 0 Å². The molecule has 4 nitrogen and oxygen atoms in total. The van der Waals surface area contributed by atoms with Crippen molar-refractivity contribution in [3.63, 3.8) is 0 Å². The first-order chi connectivity index (χ1) is 10.7. The van der Waals surface area contributed by atoms with Crippen LogP contribution in [0.4, 0.5) is 5.69 Å². The van der Waals surface area contributed by atoms with Crippen molar-refractivity contribution in [2.24, 2.45) is 23.7 Å². The number of hydrogen-bond acceptors (Lipinski definition) is 3. The van der Waals surface area contributed by atoms with Gasteiger partial charge in [-0.1, -0.05) is 12.2 Å². The van der Waals surface area contributed by atoms with Crippen LogP contribution in [-0.2, 0) is 9.59 Å². The Morgan fingerprint density at radius 3 is 2.00 bits per heavy atom. The van der Waals surface area contributed by atoms with E-state index in [-0.39, 0.29) is 35.5 Å². The van der Waals surface area contributed by atoms with Gasteiger partial charge in [-0.2, -0.15) is 0 Å². The Morgan fingerprint density at radius 1 is 1.00 bits per heavy atom. The zero-order valence-electron chi connectivity index (χ0n) is 12.6. The van der Waals surface area contributed by atoms with Crippen LogP contribution in [-0.4, -0.2) is 18.4 Å². The largest absolute Gasteiger partial charge is 0.494 e. The van der Waals surface area contributed by atoms with Gasteiger partial charge in [-0.05, 0) is 55.9 Å². The van der Waals surface area contributed by atoms with Crippen molar-refractivity contribution in [2.75, 3.05) is 11.5 Å². The standard InChI is InChI=1S/C18H19NO3/c1-2-22-14-9-7-13(8-10-14)19-17(20)15-11-3-4-12(6-5-11)16(15)18(19)21/h3-4,7-12,15-16H,2,5-6H2,1H3/t11-,12+,15?,16?. The summed E-state index contributed by atoms with van der Waals surface area (Å²) >= 11 is 0. The predicted molar refractivity (Wildman–Crippen MR) is 82.4 cm³/mol. The number of rotatable bonds is 3. The van der Waals surface area contributed by atoms with Crippen molar-refractivity contribution >= 4 is 17.5 Å². The Hall–Kier alpha value is -2.10. The SMILES string of the molecule is CCOc1ccc(N2C(=O)C3C(C2=O)[C@H]2C=C[C@@H]3CC2)cc1. The van der Waals surface area contributed by atoms with Crippen molar-refractivity contribution in [3.8, 4) is 5.75 Å². The Bertz CT molecular complexity index is 617. The third-order valence-corrected chi connectivity index (χ3v) is 5.17. The molecule has 1 aromatic carbocycles. The summed E-state index contributed by atoms with van der Waals surface area (Å²) in [5.41, 5.74) is 0.659. The van der Waals surface area contributed by atoms with Crippen molar-refractivity contribution < 1.29 is 14.3 Å². The second-order valence-corrected chi connectivity index (χ2v) is 6.28. The van der Waals surface area contributed by atoms with Gasteiger partial charge in [-0.25, -0.2) is 0 Å². The number of ether oxygens (including phenoxy) is 1. The van der Waals surface area contributed by atoms with Gasteiger partial charge in [0.15, 0.2) is 0 Å². The number of hydrogen-bond donors (Lipinski definition) is 0. The van der Waals surface area contributed by atoms with E-state index in [1.54, 1.807) is 12.1 Å². The van der Waals surface area contributed by atoms with Crippen LogP contribution in [0.25, 0.3) is 0 Å². The van der Waals surface area contributed by atoms with Crippen molar-refractivity contribution in [1.82, 2.24) is 0 Å². The van der Waals surface area contributed by atoms with Crippen LogP contribution in [0.15, 0.2) is 36.4 Å². The van der Waals surface area contributed by atoms with Gasteiger partial charge in [0.2, 0.25) is 11.8 Å². The highest BCUT2D eigenvalue weighted by Crippen LogP contribution is 2.50. The number of benzene rings is 1.